The monoisotopic (exact) mass is 406 g/mol. The fraction of sp³-hybridized carbons (Fsp3) is 0.381. The molecule has 0 bridgehead atoms. The predicted molar refractivity (Wildman–Crippen MR) is 113 cm³/mol. The Hall–Kier alpha value is -3.20. The van der Waals surface area contributed by atoms with Crippen LogP contribution in [-0.2, 0) is 0 Å². The van der Waals surface area contributed by atoms with E-state index in [0.717, 1.165) is 18.5 Å². The number of pyridine rings is 1. The van der Waals surface area contributed by atoms with Crippen LogP contribution in [-0.4, -0.2) is 49.5 Å². The lowest BCUT2D eigenvalue weighted by Crippen LogP contribution is -2.49. The van der Waals surface area contributed by atoms with Gasteiger partial charge in [-0.3, -0.25) is 15.3 Å². The minimum Gasteiger partial charge on any atom is -0.350 e. The number of nitrogens with zero attached hydrogens (tertiary/aromatic N) is 6. The second-order valence-corrected chi connectivity index (χ2v) is 8.03. The van der Waals surface area contributed by atoms with Gasteiger partial charge in [-0.1, -0.05) is 19.9 Å². The van der Waals surface area contributed by atoms with Crippen LogP contribution in [0.3, 0.4) is 0 Å². The molecule has 9 heteroatoms. The molecule has 0 radical (unpaired) electrons. The smallest absolute Gasteiger partial charge is 0.228 e. The largest absolute Gasteiger partial charge is 0.350 e. The van der Waals surface area contributed by atoms with Crippen LogP contribution in [0.4, 0.5) is 10.3 Å². The lowest BCUT2D eigenvalue weighted by Gasteiger charge is -2.35. The van der Waals surface area contributed by atoms with Crippen LogP contribution in [0.15, 0.2) is 41.8 Å². The quantitative estimate of drug-likeness (QED) is 0.692. The van der Waals surface area contributed by atoms with Gasteiger partial charge in [-0.25, -0.2) is 9.37 Å². The van der Waals surface area contributed by atoms with Gasteiger partial charge in [0.1, 0.15) is 12.0 Å². The zero-order valence-corrected chi connectivity index (χ0v) is 16.8. The van der Waals surface area contributed by atoms with Crippen LogP contribution in [0.2, 0.25) is 0 Å². The van der Waals surface area contributed by atoms with Crippen LogP contribution >= 0.6 is 0 Å². The van der Waals surface area contributed by atoms with E-state index in [1.54, 1.807) is 10.7 Å². The first-order chi connectivity index (χ1) is 14.6. The van der Waals surface area contributed by atoms with E-state index in [-0.39, 0.29) is 18.1 Å². The molecule has 0 spiro atoms. The van der Waals surface area contributed by atoms with Crippen LogP contribution in [0.5, 0.6) is 0 Å². The Kier molecular flexibility index (Phi) is 4.74. The first-order valence-electron chi connectivity index (χ1n) is 10.1. The lowest BCUT2D eigenvalue weighted by molar-refractivity contribution is 0.316. The number of nitrogens with one attached hydrogen (secondary N) is 2. The number of dihydropyridines is 1. The maximum Gasteiger partial charge on any atom is 0.228 e. The Balaban J connectivity index is 1.53. The molecule has 1 fully saturated rings. The second-order valence-electron chi connectivity index (χ2n) is 8.03. The van der Waals surface area contributed by atoms with Gasteiger partial charge < -0.3 is 5.32 Å². The zero-order valence-electron chi connectivity index (χ0n) is 16.8. The Morgan fingerprint density at radius 2 is 2.13 bits per heavy atom. The molecule has 154 valence electrons. The Morgan fingerprint density at radius 3 is 2.97 bits per heavy atom. The maximum atomic E-state index is 13.8. The van der Waals surface area contributed by atoms with Gasteiger partial charge in [0, 0.05) is 42.0 Å². The van der Waals surface area contributed by atoms with E-state index in [1.807, 2.05) is 18.5 Å². The Bertz CT molecular complexity index is 1140. The molecule has 3 aromatic rings. The number of anilines is 1. The maximum absolute atomic E-state index is 13.8. The topological polar surface area (TPSA) is 92.4 Å². The molecule has 3 aromatic heterocycles. The normalized spacial score (nSPS) is 23.1. The summed E-state index contributed by atoms with van der Waals surface area (Å²) in [4.78, 5) is 17.8. The number of piperidine rings is 1. The number of fused-ring (bicyclic) bond motifs is 2. The van der Waals surface area contributed by atoms with Gasteiger partial charge in [0.25, 0.3) is 0 Å². The highest BCUT2D eigenvalue weighted by Crippen LogP contribution is 2.27. The molecular weight excluding hydrogens is 383 g/mol. The summed E-state index contributed by atoms with van der Waals surface area (Å²) >= 11 is 0. The summed E-state index contributed by atoms with van der Waals surface area (Å²) in [5.74, 6) is 1.15. The number of hydrogen-bond donors (Lipinski definition) is 2. The van der Waals surface area contributed by atoms with Crippen molar-refractivity contribution < 1.29 is 4.39 Å². The number of aliphatic imine (C=N–C) groups is 1. The van der Waals surface area contributed by atoms with Crippen LogP contribution < -0.4 is 10.6 Å². The first-order valence-corrected chi connectivity index (χ1v) is 10.1. The van der Waals surface area contributed by atoms with Gasteiger partial charge in [-0.05, 0) is 24.5 Å². The highest BCUT2D eigenvalue weighted by molar-refractivity contribution is 5.72. The summed E-state index contributed by atoms with van der Waals surface area (Å²) < 4.78 is 15.5. The number of hydrogen-bond acceptors (Lipinski definition) is 7. The van der Waals surface area contributed by atoms with Gasteiger partial charge in [0.05, 0.1) is 12.4 Å². The zero-order chi connectivity index (χ0) is 20.7. The Morgan fingerprint density at radius 1 is 1.23 bits per heavy atom. The molecule has 3 unspecified atom stereocenters. The predicted octanol–water partition coefficient (Wildman–Crippen LogP) is 2.81. The third kappa shape index (κ3) is 3.45. The SMILES string of the molecule is CC(C)c1cnn2c(NC3CNC4N=CC=CC4C3)nc(-c3cncc(F)c3)nc12. The summed E-state index contributed by atoms with van der Waals surface area (Å²) in [7, 11) is 0. The summed E-state index contributed by atoms with van der Waals surface area (Å²) in [6.45, 7) is 4.94. The van der Waals surface area contributed by atoms with E-state index in [4.69, 9.17) is 0 Å². The summed E-state index contributed by atoms with van der Waals surface area (Å²) in [5, 5.41) is 11.5. The number of halogens is 1. The molecule has 5 heterocycles. The van der Waals surface area contributed by atoms with Crippen molar-refractivity contribution in [2.75, 3.05) is 11.9 Å². The van der Waals surface area contributed by atoms with Gasteiger partial charge in [0.15, 0.2) is 11.5 Å². The average molecular weight is 406 g/mol. The molecule has 0 saturated carbocycles. The highest BCUT2D eigenvalue weighted by Gasteiger charge is 2.30. The van der Waals surface area contributed by atoms with E-state index in [0.29, 0.717) is 28.9 Å². The van der Waals surface area contributed by atoms with Crippen molar-refractivity contribution in [1.82, 2.24) is 29.9 Å². The fourth-order valence-corrected chi connectivity index (χ4v) is 3.99. The van der Waals surface area contributed by atoms with Gasteiger partial charge >= 0.3 is 0 Å². The van der Waals surface area contributed by atoms with Crippen molar-refractivity contribution >= 4 is 17.8 Å². The van der Waals surface area contributed by atoms with E-state index in [2.05, 4.69) is 55.6 Å². The van der Waals surface area contributed by atoms with E-state index in [9.17, 15) is 4.39 Å². The molecule has 2 aliphatic rings. The molecule has 30 heavy (non-hydrogen) atoms. The fourth-order valence-electron chi connectivity index (χ4n) is 3.99. The number of rotatable bonds is 4. The van der Waals surface area contributed by atoms with Crippen molar-refractivity contribution in [2.45, 2.75) is 38.4 Å². The minimum atomic E-state index is -0.421. The van der Waals surface area contributed by atoms with Crippen molar-refractivity contribution in [3.05, 3.63) is 48.2 Å². The molecule has 0 aromatic carbocycles. The first kappa shape index (κ1) is 18.8. The third-order valence-corrected chi connectivity index (χ3v) is 5.54. The van der Waals surface area contributed by atoms with E-state index >= 15 is 0 Å². The molecule has 2 N–H and O–H groups in total. The minimum absolute atomic E-state index is 0.129. The third-order valence-electron chi connectivity index (χ3n) is 5.54. The summed E-state index contributed by atoms with van der Waals surface area (Å²) in [5.41, 5.74) is 2.26. The van der Waals surface area contributed by atoms with Crippen molar-refractivity contribution in [1.29, 1.82) is 0 Å². The number of aromatic nitrogens is 5. The summed E-state index contributed by atoms with van der Waals surface area (Å²) in [6.07, 6.45) is 11.6. The molecule has 5 rings (SSSR count). The van der Waals surface area contributed by atoms with Gasteiger partial charge in [0.2, 0.25) is 5.95 Å². The van der Waals surface area contributed by atoms with Gasteiger partial charge in [-0.15, -0.1) is 0 Å². The molecule has 8 nitrogen and oxygen atoms in total. The van der Waals surface area contributed by atoms with E-state index in [1.165, 1.54) is 12.3 Å². The summed E-state index contributed by atoms with van der Waals surface area (Å²) in [6, 6.07) is 1.54. The van der Waals surface area contributed by atoms with Crippen molar-refractivity contribution in [2.24, 2.45) is 10.9 Å². The average Bonchev–Trinajstić information content (AvgIpc) is 3.18. The van der Waals surface area contributed by atoms with Crippen molar-refractivity contribution in [3.63, 3.8) is 0 Å². The molecule has 3 atom stereocenters. The van der Waals surface area contributed by atoms with Gasteiger partial charge in [-0.2, -0.15) is 14.6 Å². The molecule has 0 amide bonds. The second kappa shape index (κ2) is 7.56. The Labute approximate surface area is 173 Å². The van der Waals surface area contributed by atoms with Crippen LogP contribution in [0.1, 0.15) is 31.7 Å². The molecule has 0 aliphatic carbocycles. The lowest BCUT2D eigenvalue weighted by atomic mass is 9.91. The highest BCUT2D eigenvalue weighted by atomic mass is 19.1. The standard InChI is InChI=1S/C21H23FN8/c1-12(2)17-11-26-30-20(17)28-19(14-6-15(22)9-23-8-14)29-21(30)27-16-7-13-4-3-5-24-18(13)25-10-16/h3-6,8-9,11-13,16,18,25H,7,10H2,1-2H3,(H,27,28,29). The molecule has 1 saturated heterocycles. The van der Waals surface area contributed by atoms with Crippen LogP contribution in [0, 0.1) is 11.7 Å². The van der Waals surface area contributed by atoms with E-state index < -0.39 is 5.82 Å². The van der Waals surface area contributed by atoms with Crippen molar-refractivity contribution in [3.8, 4) is 11.4 Å². The number of allylic oxidation sites excluding steroid dienone is 1. The molecular formula is C21H23FN8. The van der Waals surface area contributed by atoms with Crippen LogP contribution in [0.25, 0.3) is 17.0 Å². The molecule has 2 aliphatic heterocycles.